The molecule has 0 unspecified atom stereocenters. The van der Waals surface area contributed by atoms with Gasteiger partial charge in [0.2, 0.25) is 5.91 Å². The number of nitrogens with zero attached hydrogens (tertiary/aromatic N) is 1. The average Bonchev–Trinajstić information content (AvgIpc) is 3.01. The van der Waals surface area contributed by atoms with Gasteiger partial charge in [-0.1, -0.05) is 12.1 Å². The Kier molecular flexibility index (Phi) is 5.78. The second kappa shape index (κ2) is 8.05. The second-order valence-electron chi connectivity index (χ2n) is 7.12. The van der Waals surface area contributed by atoms with Crippen LogP contribution >= 0.6 is 0 Å². The lowest BCUT2D eigenvalue weighted by molar-refractivity contribution is -0.160. The van der Waals surface area contributed by atoms with Crippen molar-refractivity contribution in [3.63, 3.8) is 0 Å². The van der Waals surface area contributed by atoms with E-state index in [-0.39, 0.29) is 25.0 Å². The van der Waals surface area contributed by atoms with Crippen molar-refractivity contribution in [1.29, 1.82) is 0 Å². The summed E-state index contributed by atoms with van der Waals surface area (Å²) in [6, 6.07) is 7.76. The fourth-order valence-electron chi connectivity index (χ4n) is 3.91. The predicted molar refractivity (Wildman–Crippen MR) is 95.1 cm³/mol. The zero-order valence-electron chi connectivity index (χ0n) is 15.1. The van der Waals surface area contributed by atoms with Crippen LogP contribution in [0.15, 0.2) is 24.3 Å². The van der Waals surface area contributed by atoms with Crippen molar-refractivity contribution in [2.75, 3.05) is 46.5 Å². The molecule has 0 bridgehead atoms. The summed E-state index contributed by atoms with van der Waals surface area (Å²) < 4.78 is 10.5. The number of benzene rings is 1. The molecule has 2 saturated heterocycles. The Morgan fingerprint density at radius 3 is 2.81 bits per heavy atom. The van der Waals surface area contributed by atoms with Gasteiger partial charge in [-0.3, -0.25) is 14.5 Å². The third kappa shape index (κ3) is 3.99. The van der Waals surface area contributed by atoms with Crippen LogP contribution in [-0.2, 0) is 20.7 Å². The molecule has 2 N–H and O–H groups in total. The number of hydrogen-bond donors (Lipinski definition) is 2. The number of carbonyl (C=O) groups excluding carboxylic acids is 1. The van der Waals surface area contributed by atoms with E-state index in [2.05, 4.69) is 5.32 Å². The maximum absolute atomic E-state index is 12.2. The highest BCUT2D eigenvalue weighted by atomic mass is 16.5. The summed E-state index contributed by atoms with van der Waals surface area (Å²) in [6.07, 6.45) is 1.48. The minimum absolute atomic E-state index is 0.0563. The summed E-state index contributed by atoms with van der Waals surface area (Å²) in [6.45, 7) is 2.63. The first-order valence-corrected chi connectivity index (χ1v) is 8.96. The quantitative estimate of drug-likeness (QED) is 0.745. The molecule has 3 rings (SSSR count). The molecule has 1 aromatic rings. The molecule has 0 saturated carbocycles. The highest BCUT2D eigenvalue weighted by Gasteiger charge is 2.54. The molecule has 0 aromatic heterocycles. The molecule has 7 nitrogen and oxygen atoms in total. The zero-order chi connectivity index (χ0) is 18.6. The highest BCUT2D eigenvalue weighted by molar-refractivity contribution is 5.79. The van der Waals surface area contributed by atoms with Gasteiger partial charge in [-0.25, -0.2) is 0 Å². The smallest absolute Gasteiger partial charge is 0.313 e. The van der Waals surface area contributed by atoms with Gasteiger partial charge in [0, 0.05) is 26.2 Å². The summed E-state index contributed by atoms with van der Waals surface area (Å²) in [5, 5.41) is 12.6. The first kappa shape index (κ1) is 18.7. The largest absolute Gasteiger partial charge is 0.497 e. The SMILES string of the molecule is COc1ccc(CCNC(=O)CN2C[C@@H]3CCOC[C@]3(C(=O)O)C2)cc1. The molecule has 2 heterocycles. The van der Waals surface area contributed by atoms with E-state index in [1.807, 2.05) is 29.2 Å². The fourth-order valence-corrected chi connectivity index (χ4v) is 3.91. The number of likely N-dealkylation sites (tertiary alicyclic amines) is 1. The zero-order valence-corrected chi connectivity index (χ0v) is 15.1. The van der Waals surface area contributed by atoms with Crippen LogP contribution in [0.4, 0.5) is 0 Å². The molecule has 142 valence electrons. The Bertz CT molecular complexity index is 648. The van der Waals surface area contributed by atoms with E-state index in [0.29, 0.717) is 26.2 Å². The molecular weight excluding hydrogens is 336 g/mol. The number of aliphatic carboxylic acids is 1. The second-order valence-corrected chi connectivity index (χ2v) is 7.12. The molecule has 2 atom stereocenters. The number of hydrogen-bond acceptors (Lipinski definition) is 5. The Labute approximate surface area is 153 Å². The third-order valence-corrected chi connectivity index (χ3v) is 5.42. The number of rotatable bonds is 7. The van der Waals surface area contributed by atoms with Gasteiger partial charge in [-0.15, -0.1) is 0 Å². The summed E-state index contributed by atoms with van der Waals surface area (Å²) in [4.78, 5) is 25.9. The lowest BCUT2D eigenvalue weighted by Gasteiger charge is -2.34. The van der Waals surface area contributed by atoms with Crippen molar-refractivity contribution in [2.24, 2.45) is 11.3 Å². The topological polar surface area (TPSA) is 88.1 Å². The number of ether oxygens (including phenoxy) is 2. The van der Waals surface area contributed by atoms with Crippen LogP contribution < -0.4 is 10.1 Å². The Morgan fingerprint density at radius 2 is 2.15 bits per heavy atom. The lowest BCUT2D eigenvalue weighted by atomic mass is 9.76. The Hall–Kier alpha value is -2.12. The standard InChI is InChI=1S/C19H26N2O5/c1-25-16-4-2-14(3-5-16)6-8-20-17(22)11-21-10-15-7-9-26-13-19(15,12-21)18(23)24/h2-5,15H,6-13H2,1H3,(H,20,22)(H,23,24)/t15-,19+/m0/s1. The molecule has 2 aliphatic heterocycles. The molecule has 0 spiro atoms. The molecule has 2 fully saturated rings. The monoisotopic (exact) mass is 362 g/mol. The lowest BCUT2D eigenvalue weighted by Crippen LogP contribution is -2.46. The number of carboxylic acid groups (broad SMARTS) is 1. The van der Waals surface area contributed by atoms with E-state index >= 15 is 0 Å². The van der Waals surface area contributed by atoms with Gasteiger partial charge in [-0.2, -0.15) is 0 Å². The molecule has 2 aliphatic rings. The van der Waals surface area contributed by atoms with E-state index in [1.54, 1.807) is 7.11 Å². The number of methoxy groups -OCH3 is 1. The molecule has 7 heteroatoms. The number of carbonyl (C=O) groups is 2. The Balaban J connectivity index is 1.45. The number of fused-ring (bicyclic) bond motifs is 1. The van der Waals surface area contributed by atoms with Crippen LogP contribution in [0.5, 0.6) is 5.75 Å². The summed E-state index contributed by atoms with van der Waals surface area (Å²) in [5.74, 6) is -0.0197. The molecule has 1 aromatic carbocycles. The minimum Gasteiger partial charge on any atom is -0.497 e. The van der Waals surface area contributed by atoms with Gasteiger partial charge in [-0.05, 0) is 36.5 Å². The van der Waals surface area contributed by atoms with Crippen molar-refractivity contribution in [3.05, 3.63) is 29.8 Å². The number of carboxylic acids is 1. The van der Waals surface area contributed by atoms with Gasteiger partial charge in [0.25, 0.3) is 0 Å². The minimum atomic E-state index is -0.859. The van der Waals surface area contributed by atoms with Crippen LogP contribution in [0.3, 0.4) is 0 Å². The van der Waals surface area contributed by atoms with Gasteiger partial charge >= 0.3 is 5.97 Å². The van der Waals surface area contributed by atoms with Crippen molar-refractivity contribution < 1.29 is 24.2 Å². The number of nitrogens with one attached hydrogen (secondary N) is 1. The summed E-state index contributed by atoms with van der Waals surface area (Å²) in [7, 11) is 1.63. The average molecular weight is 362 g/mol. The van der Waals surface area contributed by atoms with Crippen molar-refractivity contribution in [3.8, 4) is 5.75 Å². The van der Waals surface area contributed by atoms with Crippen LogP contribution in [0.25, 0.3) is 0 Å². The van der Waals surface area contributed by atoms with E-state index in [4.69, 9.17) is 9.47 Å². The molecule has 26 heavy (non-hydrogen) atoms. The molecular formula is C19H26N2O5. The van der Waals surface area contributed by atoms with Crippen molar-refractivity contribution in [2.45, 2.75) is 12.8 Å². The van der Waals surface area contributed by atoms with E-state index in [9.17, 15) is 14.7 Å². The molecule has 1 amide bonds. The summed E-state index contributed by atoms with van der Waals surface area (Å²) in [5.41, 5.74) is 0.266. The first-order valence-electron chi connectivity index (χ1n) is 8.96. The molecule has 0 radical (unpaired) electrons. The van der Waals surface area contributed by atoms with Gasteiger partial charge in [0.15, 0.2) is 0 Å². The third-order valence-electron chi connectivity index (χ3n) is 5.42. The summed E-state index contributed by atoms with van der Waals surface area (Å²) >= 11 is 0. The highest BCUT2D eigenvalue weighted by Crippen LogP contribution is 2.41. The van der Waals surface area contributed by atoms with E-state index in [0.717, 1.165) is 24.2 Å². The predicted octanol–water partition coefficient (Wildman–Crippen LogP) is 0.777. The van der Waals surface area contributed by atoms with Crippen LogP contribution in [0, 0.1) is 11.3 Å². The molecule has 0 aliphatic carbocycles. The van der Waals surface area contributed by atoms with Crippen LogP contribution in [0.2, 0.25) is 0 Å². The van der Waals surface area contributed by atoms with Gasteiger partial charge < -0.3 is 19.9 Å². The van der Waals surface area contributed by atoms with Gasteiger partial charge in [0.1, 0.15) is 11.2 Å². The maximum Gasteiger partial charge on any atom is 0.313 e. The maximum atomic E-state index is 12.2. The van der Waals surface area contributed by atoms with E-state index < -0.39 is 11.4 Å². The van der Waals surface area contributed by atoms with Crippen molar-refractivity contribution in [1.82, 2.24) is 10.2 Å². The fraction of sp³-hybridized carbons (Fsp3) is 0.579. The normalized spacial score (nSPS) is 25.5. The number of amides is 1. The van der Waals surface area contributed by atoms with Crippen LogP contribution in [-0.4, -0.2) is 68.4 Å². The first-order chi connectivity index (χ1) is 12.5. The van der Waals surface area contributed by atoms with E-state index in [1.165, 1.54) is 0 Å². The van der Waals surface area contributed by atoms with Crippen LogP contribution in [0.1, 0.15) is 12.0 Å². The Morgan fingerprint density at radius 1 is 1.38 bits per heavy atom. The van der Waals surface area contributed by atoms with Gasteiger partial charge in [0.05, 0.1) is 20.3 Å². The van der Waals surface area contributed by atoms with Crippen molar-refractivity contribution >= 4 is 11.9 Å².